The monoisotopic (exact) mass is 185 g/mol. The highest BCUT2D eigenvalue weighted by molar-refractivity contribution is 5.97. The fourth-order valence-electron chi connectivity index (χ4n) is 0.938. The molecule has 0 aliphatic heterocycles. The minimum absolute atomic E-state index is 0.153. The molecule has 13 heavy (non-hydrogen) atoms. The molecule has 0 fully saturated rings. The van der Waals surface area contributed by atoms with Gasteiger partial charge < -0.3 is 10.1 Å². The molecule has 0 aromatic carbocycles. The van der Waals surface area contributed by atoms with Gasteiger partial charge in [0.25, 0.3) is 0 Å². The molecule has 0 aromatic rings. The van der Waals surface area contributed by atoms with Crippen LogP contribution >= 0.6 is 0 Å². The zero-order valence-electron chi connectivity index (χ0n) is 8.72. The highest BCUT2D eigenvalue weighted by atomic mass is 16.5. The Morgan fingerprint density at radius 2 is 2.08 bits per heavy atom. The predicted molar refractivity (Wildman–Crippen MR) is 53.0 cm³/mol. The minimum atomic E-state index is -0.281. The van der Waals surface area contributed by atoms with Gasteiger partial charge in [-0.3, -0.25) is 4.79 Å². The van der Waals surface area contributed by atoms with Gasteiger partial charge in [-0.25, -0.2) is 0 Å². The van der Waals surface area contributed by atoms with Gasteiger partial charge in [-0.2, -0.15) is 0 Å². The molecule has 0 saturated heterocycles. The molecule has 76 valence electrons. The summed E-state index contributed by atoms with van der Waals surface area (Å²) in [4.78, 5) is 10.9. The van der Waals surface area contributed by atoms with E-state index in [1.54, 1.807) is 6.92 Å². The van der Waals surface area contributed by atoms with Crippen molar-refractivity contribution in [3.8, 4) is 0 Å². The first-order chi connectivity index (χ1) is 6.06. The molecule has 0 amide bonds. The van der Waals surface area contributed by atoms with Crippen LogP contribution in [0.15, 0.2) is 0 Å². The maximum atomic E-state index is 10.9. The lowest BCUT2D eigenvalue weighted by atomic mass is 10.0. The number of carbonyl (C=O) groups excluding carboxylic acids is 1. The lowest BCUT2D eigenvalue weighted by Gasteiger charge is -2.05. The van der Waals surface area contributed by atoms with E-state index >= 15 is 0 Å². The number of carbonyl (C=O) groups is 1. The third kappa shape index (κ3) is 7.50. The van der Waals surface area contributed by atoms with Gasteiger partial charge in [0, 0.05) is 5.71 Å². The van der Waals surface area contributed by atoms with Crippen LogP contribution in [0.1, 0.15) is 40.0 Å². The molecule has 3 nitrogen and oxygen atoms in total. The van der Waals surface area contributed by atoms with Crippen molar-refractivity contribution < 1.29 is 9.53 Å². The summed E-state index contributed by atoms with van der Waals surface area (Å²) in [7, 11) is 0. The molecule has 0 saturated carbocycles. The fraction of sp³-hybridized carbons (Fsp3) is 0.800. The van der Waals surface area contributed by atoms with Gasteiger partial charge in [0.15, 0.2) is 0 Å². The SMILES string of the molecule is CCOC(=O)CC(=N)CCC(C)C. The Balaban J connectivity index is 3.56. The largest absolute Gasteiger partial charge is 0.466 e. The van der Waals surface area contributed by atoms with Crippen LogP contribution < -0.4 is 0 Å². The molecule has 3 heteroatoms. The van der Waals surface area contributed by atoms with Crippen molar-refractivity contribution in [2.24, 2.45) is 5.92 Å². The maximum absolute atomic E-state index is 10.9. The highest BCUT2D eigenvalue weighted by Gasteiger charge is 2.06. The number of rotatable bonds is 6. The van der Waals surface area contributed by atoms with Crippen LogP contribution in [-0.4, -0.2) is 18.3 Å². The van der Waals surface area contributed by atoms with E-state index < -0.39 is 0 Å². The second kappa shape index (κ2) is 6.63. The van der Waals surface area contributed by atoms with Crippen molar-refractivity contribution in [2.75, 3.05) is 6.61 Å². The first-order valence-corrected chi connectivity index (χ1v) is 4.78. The van der Waals surface area contributed by atoms with Crippen molar-refractivity contribution in [2.45, 2.75) is 40.0 Å². The second-order valence-corrected chi connectivity index (χ2v) is 3.52. The molecule has 0 atom stereocenters. The summed E-state index contributed by atoms with van der Waals surface area (Å²) in [6.07, 6.45) is 1.83. The van der Waals surface area contributed by atoms with Gasteiger partial charge in [0.05, 0.1) is 13.0 Å². The molecule has 0 spiro atoms. The van der Waals surface area contributed by atoms with Crippen LogP contribution in [0.25, 0.3) is 0 Å². The van der Waals surface area contributed by atoms with Gasteiger partial charge in [-0.15, -0.1) is 0 Å². The summed E-state index contributed by atoms with van der Waals surface area (Å²) in [6.45, 7) is 6.39. The summed E-state index contributed by atoms with van der Waals surface area (Å²) >= 11 is 0. The average molecular weight is 185 g/mol. The lowest BCUT2D eigenvalue weighted by molar-refractivity contribution is -0.141. The minimum Gasteiger partial charge on any atom is -0.466 e. The van der Waals surface area contributed by atoms with E-state index in [9.17, 15) is 4.79 Å². The number of nitrogens with one attached hydrogen (secondary N) is 1. The predicted octanol–water partition coefficient (Wildman–Crippen LogP) is 2.40. The Bertz CT molecular complexity index is 176. The molecule has 0 unspecified atom stereocenters. The molecule has 0 rings (SSSR count). The summed E-state index contributed by atoms with van der Waals surface area (Å²) in [5, 5.41) is 7.49. The van der Waals surface area contributed by atoms with Gasteiger partial charge >= 0.3 is 5.97 Å². The van der Waals surface area contributed by atoms with Crippen molar-refractivity contribution in [3.05, 3.63) is 0 Å². The number of esters is 1. The maximum Gasteiger partial charge on any atom is 0.311 e. The Kier molecular flexibility index (Phi) is 6.20. The van der Waals surface area contributed by atoms with Crippen LogP contribution in [0.4, 0.5) is 0 Å². The summed E-state index contributed by atoms with van der Waals surface area (Å²) in [5.41, 5.74) is 0.479. The Hall–Kier alpha value is -0.860. The van der Waals surface area contributed by atoms with E-state index in [1.165, 1.54) is 0 Å². The zero-order chi connectivity index (χ0) is 10.3. The molecule has 0 aliphatic carbocycles. The van der Waals surface area contributed by atoms with Crippen LogP contribution in [0, 0.1) is 11.3 Å². The highest BCUT2D eigenvalue weighted by Crippen LogP contribution is 2.06. The van der Waals surface area contributed by atoms with Crippen LogP contribution in [0.5, 0.6) is 0 Å². The van der Waals surface area contributed by atoms with E-state index in [1.807, 2.05) is 0 Å². The first-order valence-electron chi connectivity index (χ1n) is 4.78. The average Bonchev–Trinajstić information content (AvgIpc) is 2.01. The van der Waals surface area contributed by atoms with E-state index in [0.717, 1.165) is 6.42 Å². The molecular formula is C10H19NO2. The van der Waals surface area contributed by atoms with Crippen molar-refractivity contribution in [1.29, 1.82) is 5.41 Å². The molecule has 0 aromatic heterocycles. The van der Waals surface area contributed by atoms with Gasteiger partial charge in [-0.1, -0.05) is 13.8 Å². The summed E-state index contributed by atoms with van der Waals surface area (Å²) in [6, 6.07) is 0. The third-order valence-corrected chi connectivity index (χ3v) is 1.69. The number of ether oxygens (including phenoxy) is 1. The molecule has 1 N–H and O–H groups in total. The second-order valence-electron chi connectivity index (χ2n) is 3.52. The van der Waals surface area contributed by atoms with E-state index in [-0.39, 0.29) is 12.4 Å². The van der Waals surface area contributed by atoms with E-state index in [2.05, 4.69) is 13.8 Å². The third-order valence-electron chi connectivity index (χ3n) is 1.69. The van der Waals surface area contributed by atoms with E-state index in [4.69, 9.17) is 10.1 Å². The lowest BCUT2D eigenvalue weighted by Crippen LogP contribution is -2.10. The Morgan fingerprint density at radius 1 is 1.46 bits per heavy atom. The summed E-state index contributed by atoms with van der Waals surface area (Å²) < 4.78 is 4.74. The number of hydrogen-bond acceptors (Lipinski definition) is 3. The van der Waals surface area contributed by atoms with E-state index in [0.29, 0.717) is 24.7 Å². The smallest absolute Gasteiger partial charge is 0.311 e. The topological polar surface area (TPSA) is 50.2 Å². The first kappa shape index (κ1) is 12.1. The quantitative estimate of drug-likeness (QED) is 0.510. The van der Waals surface area contributed by atoms with Gasteiger partial charge in [0.1, 0.15) is 0 Å². The molecular weight excluding hydrogens is 166 g/mol. The Morgan fingerprint density at radius 3 is 2.54 bits per heavy atom. The van der Waals surface area contributed by atoms with Crippen molar-refractivity contribution in [1.82, 2.24) is 0 Å². The van der Waals surface area contributed by atoms with Crippen LogP contribution in [0.2, 0.25) is 0 Å². The molecule has 0 bridgehead atoms. The van der Waals surface area contributed by atoms with Gasteiger partial charge in [-0.05, 0) is 25.7 Å². The molecule has 0 heterocycles. The van der Waals surface area contributed by atoms with Crippen molar-refractivity contribution >= 4 is 11.7 Å². The van der Waals surface area contributed by atoms with Crippen molar-refractivity contribution in [3.63, 3.8) is 0 Å². The molecule has 0 aliphatic rings. The van der Waals surface area contributed by atoms with Crippen LogP contribution in [-0.2, 0) is 9.53 Å². The fourth-order valence-corrected chi connectivity index (χ4v) is 0.938. The standard InChI is InChI=1S/C10H19NO2/c1-4-13-10(12)7-9(11)6-5-8(2)3/h8,11H,4-7H2,1-3H3. The Labute approximate surface area is 80.0 Å². The number of hydrogen-bond donors (Lipinski definition) is 1. The zero-order valence-corrected chi connectivity index (χ0v) is 8.72. The molecule has 0 radical (unpaired) electrons. The normalized spacial score (nSPS) is 10.2. The summed E-state index contributed by atoms with van der Waals surface area (Å²) in [5.74, 6) is 0.304. The van der Waals surface area contributed by atoms with Crippen LogP contribution in [0.3, 0.4) is 0 Å². The van der Waals surface area contributed by atoms with Gasteiger partial charge in [0.2, 0.25) is 0 Å².